The van der Waals surface area contributed by atoms with Gasteiger partial charge in [-0.1, -0.05) is 0 Å². The first-order valence-electron chi connectivity index (χ1n) is 5.30. The van der Waals surface area contributed by atoms with Crippen LogP contribution in [0.15, 0.2) is 18.2 Å². The van der Waals surface area contributed by atoms with Crippen LogP contribution in [-0.2, 0) is 0 Å². The Kier molecular flexibility index (Phi) is 4.22. The summed E-state index contributed by atoms with van der Waals surface area (Å²) >= 11 is 0. The topological polar surface area (TPSA) is 110 Å². The lowest BCUT2D eigenvalue weighted by Gasteiger charge is -2.23. The molecule has 1 unspecified atom stereocenters. The van der Waals surface area contributed by atoms with Crippen molar-refractivity contribution in [2.45, 2.75) is 13.0 Å². The molecule has 0 aliphatic rings. The number of nitro groups is 1. The Balaban J connectivity index is 3.12. The summed E-state index contributed by atoms with van der Waals surface area (Å²) in [7, 11) is 1.50. The van der Waals surface area contributed by atoms with Gasteiger partial charge in [0, 0.05) is 24.9 Å². The molecule has 98 valence electrons. The first-order chi connectivity index (χ1) is 8.38. The Morgan fingerprint density at radius 3 is 2.72 bits per heavy atom. The molecule has 0 saturated heterocycles. The van der Waals surface area contributed by atoms with Gasteiger partial charge in [-0.3, -0.25) is 14.9 Å². The van der Waals surface area contributed by atoms with Crippen LogP contribution in [0.1, 0.15) is 17.3 Å². The van der Waals surface area contributed by atoms with Gasteiger partial charge in [-0.2, -0.15) is 0 Å². The summed E-state index contributed by atoms with van der Waals surface area (Å²) in [5.41, 5.74) is 5.67. The molecule has 0 fully saturated rings. The maximum absolute atomic E-state index is 12.1. The number of rotatable bonds is 4. The second kappa shape index (κ2) is 5.46. The fourth-order valence-corrected chi connectivity index (χ4v) is 1.36. The second-order valence-corrected chi connectivity index (χ2v) is 3.98. The van der Waals surface area contributed by atoms with Crippen LogP contribution in [0.3, 0.4) is 0 Å². The number of nitrogens with two attached hydrogens (primary N) is 1. The van der Waals surface area contributed by atoms with E-state index in [-0.39, 0.29) is 23.5 Å². The number of amides is 1. The Bertz CT molecular complexity index is 475. The van der Waals surface area contributed by atoms with Crippen molar-refractivity contribution in [3.63, 3.8) is 0 Å². The molecule has 1 amide bonds. The van der Waals surface area contributed by atoms with Gasteiger partial charge in [-0.05, 0) is 13.0 Å². The van der Waals surface area contributed by atoms with Crippen molar-refractivity contribution in [1.82, 2.24) is 4.90 Å². The molecule has 1 rings (SSSR count). The number of benzene rings is 1. The normalized spacial score (nSPS) is 11.9. The predicted molar refractivity (Wildman–Crippen MR) is 66.2 cm³/mol. The largest absolute Gasteiger partial charge is 0.398 e. The third kappa shape index (κ3) is 2.75. The van der Waals surface area contributed by atoms with Crippen molar-refractivity contribution in [1.29, 1.82) is 0 Å². The highest BCUT2D eigenvalue weighted by molar-refractivity contribution is 5.99. The smallest absolute Gasteiger partial charge is 0.270 e. The highest BCUT2D eigenvalue weighted by Gasteiger charge is 2.21. The summed E-state index contributed by atoms with van der Waals surface area (Å²) in [4.78, 5) is 23.4. The molecule has 0 bridgehead atoms. The number of aliphatic hydroxyl groups excluding tert-OH is 1. The average molecular weight is 253 g/mol. The van der Waals surface area contributed by atoms with Gasteiger partial charge in [0.15, 0.2) is 0 Å². The number of hydrogen-bond donors (Lipinski definition) is 2. The van der Waals surface area contributed by atoms with Crippen molar-refractivity contribution < 1.29 is 14.8 Å². The zero-order chi connectivity index (χ0) is 13.9. The van der Waals surface area contributed by atoms with Crippen molar-refractivity contribution in [3.8, 4) is 0 Å². The summed E-state index contributed by atoms with van der Waals surface area (Å²) < 4.78 is 0. The van der Waals surface area contributed by atoms with Gasteiger partial charge in [-0.25, -0.2) is 0 Å². The summed E-state index contributed by atoms with van der Waals surface area (Å²) in [6.07, 6.45) is 0. The number of likely N-dealkylation sites (N-methyl/N-ethyl adjacent to an activating group) is 1. The summed E-state index contributed by atoms with van der Waals surface area (Å²) in [6, 6.07) is 3.30. The third-order valence-electron chi connectivity index (χ3n) is 2.72. The number of nitrogen functional groups attached to an aromatic ring is 1. The van der Waals surface area contributed by atoms with E-state index >= 15 is 0 Å². The first-order valence-corrected chi connectivity index (χ1v) is 5.30. The summed E-state index contributed by atoms with van der Waals surface area (Å²) in [5.74, 6) is -0.460. The molecule has 7 nitrogen and oxygen atoms in total. The number of aliphatic hydroxyl groups is 1. The van der Waals surface area contributed by atoms with Crippen LogP contribution in [0.25, 0.3) is 0 Å². The van der Waals surface area contributed by atoms with Crippen molar-refractivity contribution in [2.75, 3.05) is 19.4 Å². The van der Waals surface area contributed by atoms with E-state index in [1.165, 1.54) is 24.1 Å². The molecule has 0 spiro atoms. The van der Waals surface area contributed by atoms with E-state index < -0.39 is 16.9 Å². The minimum atomic E-state index is -0.592. The number of nitrogens with zero attached hydrogens (tertiary/aromatic N) is 2. The van der Waals surface area contributed by atoms with E-state index in [1.54, 1.807) is 6.92 Å². The maximum atomic E-state index is 12.1. The van der Waals surface area contributed by atoms with Crippen molar-refractivity contribution >= 4 is 17.3 Å². The molecule has 0 aliphatic heterocycles. The molecule has 1 aromatic rings. The third-order valence-corrected chi connectivity index (χ3v) is 2.72. The Morgan fingerprint density at radius 1 is 1.61 bits per heavy atom. The Hall–Kier alpha value is -2.15. The first kappa shape index (κ1) is 13.9. The molecular formula is C11H15N3O4. The van der Waals surface area contributed by atoms with Crippen LogP contribution in [0.2, 0.25) is 0 Å². The van der Waals surface area contributed by atoms with Gasteiger partial charge in [0.05, 0.1) is 23.1 Å². The van der Waals surface area contributed by atoms with Crippen LogP contribution in [0.5, 0.6) is 0 Å². The van der Waals surface area contributed by atoms with Crippen LogP contribution in [0.4, 0.5) is 11.4 Å². The Morgan fingerprint density at radius 2 is 2.22 bits per heavy atom. The summed E-state index contributed by atoms with van der Waals surface area (Å²) in [5, 5.41) is 19.6. The molecule has 1 atom stereocenters. The minimum absolute atomic E-state index is 0.0620. The lowest BCUT2D eigenvalue weighted by Crippen LogP contribution is -2.37. The monoisotopic (exact) mass is 253 g/mol. The lowest BCUT2D eigenvalue weighted by molar-refractivity contribution is -0.384. The molecule has 7 heteroatoms. The average Bonchev–Trinajstić information content (AvgIpc) is 2.36. The van der Waals surface area contributed by atoms with Crippen LogP contribution >= 0.6 is 0 Å². The lowest BCUT2D eigenvalue weighted by atomic mass is 10.1. The quantitative estimate of drug-likeness (QED) is 0.464. The molecule has 0 aliphatic carbocycles. The zero-order valence-electron chi connectivity index (χ0n) is 10.2. The maximum Gasteiger partial charge on any atom is 0.270 e. The van der Waals surface area contributed by atoms with Gasteiger partial charge < -0.3 is 15.7 Å². The van der Waals surface area contributed by atoms with Gasteiger partial charge in [0.1, 0.15) is 0 Å². The van der Waals surface area contributed by atoms with E-state index in [1.807, 2.05) is 0 Å². The van der Waals surface area contributed by atoms with E-state index in [0.717, 1.165) is 6.07 Å². The highest BCUT2D eigenvalue weighted by atomic mass is 16.6. The van der Waals surface area contributed by atoms with Crippen LogP contribution in [0, 0.1) is 10.1 Å². The van der Waals surface area contributed by atoms with E-state index in [4.69, 9.17) is 10.8 Å². The number of hydrogen-bond acceptors (Lipinski definition) is 5. The van der Waals surface area contributed by atoms with Gasteiger partial charge in [-0.15, -0.1) is 0 Å². The van der Waals surface area contributed by atoms with Gasteiger partial charge in [0.2, 0.25) is 0 Å². The highest BCUT2D eigenvalue weighted by Crippen LogP contribution is 2.21. The van der Waals surface area contributed by atoms with Gasteiger partial charge >= 0.3 is 0 Å². The van der Waals surface area contributed by atoms with E-state index in [9.17, 15) is 14.9 Å². The molecular weight excluding hydrogens is 238 g/mol. The predicted octanol–water partition coefficient (Wildman–Crippen LogP) is 0.630. The molecule has 1 aromatic carbocycles. The molecule has 3 N–H and O–H groups in total. The summed E-state index contributed by atoms with van der Waals surface area (Å²) in [6.45, 7) is 1.46. The van der Waals surface area contributed by atoms with E-state index in [2.05, 4.69) is 0 Å². The second-order valence-electron chi connectivity index (χ2n) is 3.98. The van der Waals surface area contributed by atoms with E-state index in [0.29, 0.717) is 0 Å². The number of non-ortho nitro benzene ring substituents is 1. The molecule has 0 heterocycles. The number of carbonyl (C=O) groups excluding carboxylic acids is 1. The number of nitro benzene ring substituents is 1. The number of anilines is 1. The Labute approximate surface area is 104 Å². The molecule has 18 heavy (non-hydrogen) atoms. The fraction of sp³-hybridized carbons (Fsp3) is 0.364. The molecule has 0 saturated carbocycles. The SMILES string of the molecule is CC(CO)N(C)C(=O)c1cc([N+](=O)[O-])ccc1N. The fourth-order valence-electron chi connectivity index (χ4n) is 1.36. The van der Waals surface area contributed by atoms with Crippen molar-refractivity contribution in [2.24, 2.45) is 0 Å². The van der Waals surface area contributed by atoms with Crippen molar-refractivity contribution in [3.05, 3.63) is 33.9 Å². The van der Waals surface area contributed by atoms with Gasteiger partial charge in [0.25, 0.3) is 11.6 Å². The molecule has 0 aromatic heterocycles. The van der Waals surface area contributed by atoms with Crippen LogP contribution in [-0.4, -0.2) is 40.5 Å². The molecule has 0 radical (unpaired) electrons. The standard InChI is InChI=1S/C11H15N3O4/c1-7(6-15)13(2)11(16)9-5-8(14(17)18)3-4-10(9)12/h3-5,7,15H,6,12H2,1-2H3. The number of carbonyl (C=O) groups is 1. The minimum Gasteiger partial charge on any atom is -0.398 e. The zero-order valence-corrected chi connectivity index (χ0v) is 10.2. The van der Waals surface area contributed by atoms with Crippen LogP contribution < -0.4 is 5.73 Å².